The molecular formula is C13H19NO2. The van der Waals surface area contributed by atoms with Gasteiger partial charge >= 0.3 is 0 Å². The van der Waals surface area contributed by atoms with Crippen LogP contribution in [0.1, 0.15) is 18.1 Å². The number of fused-ring (bicyclic) bond motifs is 1. The summed E-state index contributed by atoms with van der Waals surface area (Å²) in [6.07, 6.45) is 1.76. The van der Waals surface area contributed by atoms with Crippen molar-refractivity contribution in [2.24, 2.45) is 0 Å². The van der Waals surface area contributed by atoms with Crippen molar-refractivity contribution in [3.8, 4) is 5.75 Å². The standard InChI is InChI=1S/C13H19NO2/c1-10(15)9-14-6-4-11-2-3-13-12(8-11)5-7-16-13/h2-3,8,10,14-15H,4-7,9H2,1H3. The van der Waals surface area contributed by atoms with E-state index in [2.05, 4.69) is 23.5 Å². The molecule has 0 bridgehead atoms. The molecule has 0 saturated heterocycles. The quantitative estimate of drug-likeness (QED) is 0.732. The van der Waals surface area contributed by atoms with Gasteiger partial charge in [0.1, 0.15) is 5.75 Å². The van der Waals surface area contributed by atoms with Crippen molar-refractivity contribution >= 4 is 0 Å². The Balaban J connectivity index is 1.81. The van der Waals surface area contributed by atoms with Crippen LogP contribution in [0.4, 0.5) is 0 Å². The molecule has 0 fully saturated rings. The Morgan fingerprint density at radius 2 is 2.38 bits per heavy atom. The largest absolute Gasteiger partial charge is 0.493 e. The van der Waals surface area contributed by atoms with Crippen LogP contribution in [0, 0.1) is 0 Å². The molecule has 3 nitrogen and oxygen atoms in total. The van der Waals surface area contributed by atoms with E-state index in [4.69, 9.17) is 9.84 Å². The lowest BCUT2D eigenvalue weighted by molar-refractivity contribution is 0.191. The zero-order valence-corrected chi connectivity index (χ0v) is 9.70. The smallest absolute Gasteiger partial charge is 0.122 e. The van der Waals surface area contributed by atoms with Gasteiger partial charge in [-0.1, -0.05) is 12.1 Å². The molecule has 2 rings (SSSR count). The van der Waals surface area contributed by atoms with Crippen molar-refractivity contribution in [2.45, 2.75) is 25.9 Å². The summed E-state index contributed by atoms with van der Waals surface area (Å²) in [5.74, 6) is 1.04. The lowest BCUT2D eigenvalue weighted by Crippen LogP contribution is -2.26. The minimum Gasteiger partial charge on any atom is -0.493 e. The molecule has 2 N–H and O–H groups in total. The first-order chi connectivity index (χ1) is 7.75. The van der Waals surface area contributed by atoms with E-state index in [0.29, 0.717) is 6.54 Å². The number of hydrogen-bond donors (Lipinski definition) is 2. The average Bonchev–Trinajstić information content (AvgIpc) is 2.71. The fourth-order valence-electron chi connectivity index (χ4n) is 1.94. The molecule has 1 atom stereocenters. The molecule has 0 radical (unpaired) electrons. The van der Waals surface area contributed by atoms with E-state index in [1.54, 1.807) is 6.92 Å². The summed E-state index contributed by atoms with van der Waals surface area (Å²) in [5, 5.41) is 12.3. The first kappa shape index (κ1) is 11.4. The number of aliphatic hydroxyl groups excluding tert-OH is 1. The minimum atomic E-state index is -0.270. The molecule has 1 unspecified atom stereocenters. The Hall–Kier alpha value is -1.06. The van der Waals surface area contributed by atoms with Crippen LogP contribution in [-0.2, 0) is 12.8 Å². The lowest BCUT2D eigenvalue weighted by Gasteiger charge is -2.07. The van der Waals surface area contributed by atoms with Gasteiger partial charge in [-0.2, -0.15) is 0 Å². The molecule has 1 aromatic rings. The van der Waals surface area contributed by atoms with E-state index < -0.39 is 0 Å². The normalized spacial score (nSPS) is 15.6. The van der Waals surface area contributed by atoms with Gasteiger partial charge in [-0.3, -0.25) is 0 Å². The second-order valence-corrected chi connectivity index (χ2v) is 4.34. The Labute approximate surface area is 96.4 Å². The van der Waals surface area contributed by atoms with E-state index in [1.807, 2.05) is 0 Å². The van der Waals surface area contributed by atoms with Crippen LogP contribution in [-0.4, -0.2) is 30.9 Å². The SMILES string of the molecule is CC(O)CNCCc1ccc2c(c1)CCO2. The van der Waals surface area contributed by atoms with Crippen LogP contribution in [0.3, 0.4) is 0 Å². The van der Waals surface area contributed by atoms with Gasteiger partial charge in [0.05, 0.1) is 12.7 Å². The number of aliphatic hydroxyl groups is 1. The number of ether oxygens (including phenoxy) is 1. The third-order valence-electron chi connectivity index (χ3n) is 2.78. The molecule has 1 aromatic carbocycles. The maximum absolute atomic E-state index is 9.10. The van der Waals surface area contributed by atoms with Gasteiger partial charge in [0.25, 0.3) is 0 Å². The highest BCUT2D eigenvalue weighted by molar-refractivity contribution is 5.39. The van der Waals surface area contributed by atoms with Crippen molar-refractivity contribution in [3.63, 3.8) is 0 Å². The van der Waals surface area contributed by atoms with Gasteiger partial charge in [-0.05, 0) is 37.1 Å². The van der Waals surface area contributed by atoms with Crippen molar-refractivity contribution in [1.29, 1.82) is 0 Å². The Bertz CT molecular complexity index is 350. The second-order valence-electron chi connectivity index (χ2n) is 4.34. The number of benzene rings is 1. The van der Waals surface area contributed by atoms with Gasteiger partial charge < -0.3 is 15.2 Å². The van der Waals surface area contributed by atoms with Crippen molar-refractivity contribution in [1.82, 2.24) is 5.32 Å². The molecule has 0 spiro atoms. The zero-order valence-electron chi connectivity index (χ0n) is 9.70. The van der Waals surface area contributed by atoms with E-state index in [1.165, 1.54) is 11.1 Å². The molecule has 1 aliphatic heterocycles. The van der Waals surface area contributed by atoms with Crippen molar-refractivity contribution in [2.75, 3.05) is 19.7 Å². The van der Waals surface area contributed by atoms with E-state index in [-0.39, 0.29) is 6.10 Å². The molecule has 0 aliphatic carbocycles. The van der Waals surface area contributed by atoms with Gasteiger partial charge in [0.15, 0.2) is 0 Å². The predicted molar refractivity (Wildman–Crippen MR) is 63.9 cm³/mol. The maximum Gasteiger partial charge on any atom is 0.122 e. The first-order valence-corrected chi connectivity index (χ1v) is 5.89. The third kappa shape index (κ3) is 2.97. The third-order valence-corrected chi connectivity index (χ3v) is 2.78. The van der Waals surface area contributed by atoms with Crippen molar-refractivity contribution < 1.29 is 9.84 Å². The Morgan fingerprint density at radius 1 is 1.50 bits per heavy atom. The summed E-state index contributed by atoms with van der Waals surface area (Å²) in [6.45, 7) is 4.18. The van der Waals surface area contributed by atoms with Crippen LogP contribution in [0.25, 0.3) is 0 Å². The van der Waals surface area contributed by atoms with Crippen LogP contribution >= 0.6 is 0 Å². The van der Waals surface area contributed by atoms with Gasteiger partial charge in [-0.15, -0.1) is 0 Å². The summed E-state index contributed by atoms with van der Waals surface area (Å²) in [6, 6.07) is 6.41. The molecule has 0 saturated carbocycles. The fraction of sp³-hybridized carbons (Fsp3) is 0.538. The zero-order chi connectivity index (χ0) is 11.4. The molecule has 0 aromatic heterocycles. The highest BCUT2D eigenvalue weighted by Gasteiger charge is 2.11. The first-order valence-electron chi connectivity index (χ1n) is 5.89. The highest BCUT2D eigenvalue weighted by Crippen LogP contribution is 2.25. The Morgan fingerprint density at radius 3 is 3.19 bits per heavy atom. The molecule has 16 heavy (non-hydrogen) atoms. The van der Waals surface area contributed by atoms with E-state index in [0.717, 1.165) is 31.7 Å². The summed E-state index contributed by atoms with van der Waals surface area (Å²) < 4.78 is 5.46. The maximum atomic E-state index is 9.10. The summed E-state index contributed by atoms with van der Waals surface area (Å²) >= 11 is 0. The topological polar surface area (TPSA) is 41.5 Å². The summed E-state index contributed by atoms with van der Waals surface area (Å²) in [5.41, 5.74) is 2.66. The average molecular weight is 221 g/mol. The number of rotatable bonds is 5. The predicted octanol–water partition coefficient (Wildman–Crippen LogP) is 1.13. The highest BCUT2D eigenvalue weighted by atomic mass is 16.5. The van der Waals surface area contributed by atoms with Crippen molar-refractivity contribution in [3.05, 3.63) is 29.3 Å². The monoisotopic (exact) mass is 221 g/mol. The summed E-state index contributed by atoms with van der Waals surface area (Å²) in [7, 11) is 0. The second kappa shape index (κ2) is 5.32. The van der Waals surface area contributed by atoms with E-state index in [9.17, 15) is 0 Å². The minimum absolute atomic E-state index is 0.270. The fourth-order valence-corrected chi connectivity index (χ4v) is 1.94. The summed E-state index contributed by atoms with van der Waals surface area (Å²) in [4.78, 5) is 0. The molecular weight excluding hydrogens is 202 g/mol. The molecule has 1 aliphatic rings. The van der Waals surface area contributed by atoms with Gasteiger partial charge in [0.2, 0.25) is 0 Å². The number of nitrogens with one attached hydrogen (secondary N) is 1. The molecule has 0 amide bonds. The van der Waals surface area contributed by atoms with Crippen LogP contribution in [0.5, 0.6) is 5.75 Å². The van der Waals surface area contributed by atoms with E-state index >= 15 is 0 Å². The number of hydrogen-bond acceptors (Lipinski definition) is 3. The Kier molecular flexibility index (Phi) is 3.80. The molecule has 3 heteroatoms. The van der Waals surface area contributed by atoms with Crippen LogP contribution < -0.4 is 10.1 Å². The molecule has 88 valence electrons. The van der Waals surface area contributed by atoms with Crippen LogP contribution in [0.2, 0.25) is 0 Å². The van der Waals surface area contributed by atoms with Gasteiger partial charge in [0, 0.05) is 13.0 Å². The molecule has 1 heterocycles. The van der Waals surface area contributed by atoms with Crippen LogP contribution in [0.15, 0.2) is 18.2 Å². The van der Waals surface area contributed by atoms with Gasteiger partial charge in [-0.25, -0.2) is 0 Å². The lowest BCUT2D eigenvalue weighted by atomic mass is 10.1.